The topological polar surface area (TPSA) is 68.3 Å². The molecule has 3 aromatic rings. The van der Waals surface area contributed by atoms with E-state index in [4.69, 9.17) is 16.3 Å². The summed E-state index contributed by atoms with van der Waals surface area (Å²) in [5.74, 6) is -0.164. The third-order valence-electron chi connectivity index (χ3n) is 3.91. The lowest BCUT2D eigenvalue weighted by Gasteiger charge is -2.09. The molecule has 0 aliphatic heterocycles. The van der Waals surface area contributed by atoms with Gasteiger partial charge in [-0.3, -0.25) is 9.78 Å². The SMILES string of the molecule is Cc1cc(C(=O)OCC(=O)NCCSc2ccc(Cl)cc2)c2ccccc2n1. The number of rotatable bonds is 7. The number of carbonyl (C=O) groups is 2. The average molecular weight is 415 g/mol. The molecule has 0 aliphatic rings. The van der Waals surface area contributed by atoms with Crippen LogP contribution in [0.15, 0.2) is 59.5 Å². The Hall–Kier alpha value is -2.57. The molecule has 1 aromatic heterocycles. The van der Waals surface area contributed by atoms with Crippen molar-refractivity contribution in [3.63, 3.8) is 0 Å². The normalized spacial score (nSPS) is 10.6. The van der Waals surface area contributed by atoms with Gasteiger partial charge in [0.15, 0.2) is 6.61 Å². The molecule has 1 amide bonds. The number of benzene rings is 2. The van der Waals surface area contributed by atoms with Gasteiger partial charge in [0.05, 0.1) is 11.1 Å². The van der Waals surface area contributed by atoms with E-state index >= 15 is 0 Å². The molecule has 0 fully saturated rings. The number of halogens is 1. The van der Waals surface area contributed by atoms with E-state index in [1.54, 1.807) is 17.8 Å². The van der Waals surface area contributed by atoms with Crippen LogP contribution < -0.4 is 5.32 Å². The molecule has 3 rings (SSSR count). The first kappa shape index (κ1) is 20.2. The number of fused-ring (bicyclic) bond motifs is 1. The second-order valence-corrected chi connectivity index (χ2v) is 7.66. The van der Waals surface area contributed by atoms with E-state index in [1.807, 2.05) is 55.5 Å². The van der Waals surface area contributed by atoms with Crippen molar-refractivity contribution in [1.29, 1.82) is 0 Å². The fraction of sp³-hybridized carbons (Fsp3) is 0.190. The molecule has 7 heteroatoms. The Morgan fingerprint density at radius 3 is 2.68 bits per heavy atom. The highest BCUT2D eigenvalue weighted by atomic mass is 35.5. The quantitative estimate of drug-likeness (QED) is 0.355. The molecular weight excluding hydrogens is 396 g/mol. The third kappa shape index (κ3) is 5.47. The van der Waals surface area contributed by atoms with Crippen LogP contribution in [0.1, 0.15) is 16.1 Å². The molecule has 2 aromatic carbocycles. The van der Waals surface area contributed by atoms with Crippen molar-refractivity contribution in [1.82, 2.24) is 10.3 Å². The van der Waals surface area contributed by atoms with Gasteiger partial charge in [0.2, 0.25) is 0 Å². The molecule has 0 aliphatic carbocycles. The van der Waals surface area contributed by atoms with Crippen molar-refractivity contribution >= 4 is 46.1 Å². The number of aryl methyl sites for hydroxylation is 1. The predicted octanol–water partition coefficient (Wildman–Crippen LogP) is 4.26. The zero-order valence-electron chi connectivity index (χ0n) is 15.3. The number of para-hydroxylation sites is 1. The fourth-order valence-electron chi connectivity index (χ4n) is 2.63. The number of nitrogens with one attached hydrogen (secondary N) is 1. The highest BCUT2D eigenvalue weighted by Gasteiger charge is 2.14. The number of thioether (sulfide) groups is 1. The Bertz CT molecular complexity index is 993. The predicted molar refractivity (Wildman–Crippen MR) is 112 cm³/mol. The summed E-state index contributed by atoms with van der Waals surface area (Å²) >= 11 is 7.46. The molecular formula is C21H19ClN2O3S. The van der Waals surface area contributed by atoms with Crippen molar-refractivity contribution in [3.05, 3.63) is 70.9 Å². The fourth-order valence-corrected chi connectivity index (χ4v) is 3.52. The van der Waals surface area contributed by atoms with Crippen LogP contribution in [0.25, 0.3) is 10.9 Å². The van der Waals surface area contributed by atoms with Crippen LogP contribution >= 0.6 is 23.4 Å². The molecule has 0 atom stereocenters. The van der Waals surface area contributed by atoms with Crippen LogP contribution in [-0.2, 0) is 9.53 Å². The van der Waals surface area contributed by atoms with Crippen molar-refractivity contribution in [2.75, 3.05) is 18.9 Å². The highest BCUT2D eigenvalue weighted by molar-refractivity contribution is 7.99. The van der Waals surface area contributed by atoms with Gasteiger partial charge in [0.25, 0.3) is 5.91 Å². The first-order valence-corrected chi connectivity index (χ1v) is 10.1. The summed E-state index contributed by atoms with van der Waals surface area (Å²) in [5, 5.41) is 4.14. The average Bonchev–Trinajstić information content (AvgIpc) is 2.70. The molecule has 0 saturated heterocycles. The summed E-state index contributed by atoms with van der Waals surface area (Å²) in [6, 6.07) is 16.5. The van der Waals surface area contributed by atoms with Gasteiger partial charge in [-0.1, -0.05) is 29.8 Å². The zero-order valence-corrected chi connectivity index (χ0v) is 16.8. The summed E-state index contributed by atoms with van der Waals surface area (Å²) in [4.78, 5) is 29.8. The number of pyridine rings is 1. The Morgan fingerprint density at radius 1 is 1.14 bits per heavy atom. The maximum atomic E-state index is 12.4. The van der Waals surface area contributed by atoms with E-state index in [0.29, 0.717) is 34.0 Å². The number of hydrogen-bond donors (Lipinski definition) is 1. The van der Waals surface area contributed by atoms with Gasteiger partial charge in [-0.2, -0.15) is 0 Å². The molecule has 1 N–H and O–H groups in total. The van der Waals surface area contributed by atoms with Gasteiger partial charge in [0.1, 0.15) is 0 Å². The minimum absolute atomic E-state index is 0.319. The lowest BCUT2D eigenvalue weighted by Crippen LogP contribution is -2.30. The second-order valence-electron chi connectivity index (χ2n) is 6.06. The van der Waals surface area contributed by atoms with Gasteiger partial charge in [-0.25, -0.2) is 4.79 Å². The largest absolute Gasteiger partial charge is 0.452 e. The standard InChI is InChI=1S/C21H19ClN2O3S/c1-14-12-18(17-4-2-3-5-19(17)24-14)21(26)27-13-20(25)23-10-11-28-16-8-6-15(22)7-9-16/h2-9,12H,10-11,13H2,1H3,(H,23,25). The van der Waals surface area contributed by atoms with Gasteiger partial charge < -0.3 is 10.1 Å². The van der Waals surface area contributed by atoms with Crippen molar-refractivity contribution in [2.24, 2.45) is 0 Å². The number of carbonyl (C=O) groups excluding carboxylic acids is 2. The van der Waals surface area contributed by atoms with Crippen LogP contribution in [0, 0.1) is 6.92 Å². The van der Waals surface area contributed by atoms with Crippen molar-refractivity contribution < 1.29 is 14.3 Å². The number of amides is 1. The molecule has 1 heterocycles. The summed E-state index contributed by atoms with van der Waals surface area (Å²) in [6.45, 7) is 1.97. The number of esters is 1. The van der Waals surface area contributed by atoms with Crippen LogP contribution in [0.4, 0.5) is 0 Å². The van der Waals surface area contributed by atoms with Crippen LogP contribution in [0.5, 0.6) is 0 Å². The molecule has 0 bridgehead atoms. The smallest absolute Gasteiger partial charge is 0.339 e. The van der Waals surface area contributed by atoms with E-state index in [9.17, 15) is 9.59 Å². The second kappa shape index (κ2) is 9.57. The Labute approximate surface area is 172 Å². The first-order valence-electron chi connectivity index (χ1n) is 8.71. The maximum Gasteiger partial charge on any atom is 0.339 e. The Kier molecular flexibility index (Phi) is 6.90. The van der Waals surface area contributed by atoms with E-state index in [-0.39, 0.29) is 12.5 Å². The summed E-state index contributed by atoms with van der Waals surface area (Å²) in [5.41, 5.74) is 1.85. The van der Waals surface area contributed by atoms with Gasteiger partial charge in [-0.05, 0) is 43.3 Å². The van der Waals surface area contributed by atoms with E-state index in [1.165, 1.54) is 0 Å². The molecule has 0 unspecified atom stereocenters. The number of ether oxygens (including phenoxy) is 1. The van der Waals surface area contributed by atoms with Crippen LogP contribution in [-0.4, -0.2) is 35.8 Å². The lowest BCUT2D eigenvalue weighted by molar-refractivity contribution is -0.124. The third-order valence-corrected chi connectivity index (χ3v) is 5.17. The minimum atomic E-state index is -0.535. The molecule has 144 valence electrons. The summed E-state index contributed by atoms with van der Waals surface area (Å²) in [6.07, 6.45) is 0. The van der Waals surface area contributed by atoms with Crippen LogP contribution in [0.2, 0.25) is 5.02 Å². The van der Waals surface area contributed by atoms with Crippen molar-refractivity contribution in [2.45, 2.75) is 11.8 Å². The summed E-state index contributed by atoms with van der Waals surface area (Å²) < 4.78 is 5.18. The van der Waals surface area contributed by atoms with E-state index in [2.05, 4.69) is 10.3 Å². The minimum Gasteiger partial charge on any atom is -0.452 e. The Balaban J connectivity index is 1.47. The van der Waals surface area contributed by atoms with Gasteiger partial charge in [0, 0.05) is 33.3 Å². The summed E-state index contributed by atoms with van der Waals surface area (Å²) in [7, 11) is 0. The van der Waals surface area contributed by atoms with Gasteiger partial charge in [-0.15, -0.1) is 11.8 Å². The number of aromatic nitrogens is 1. The molecule has 0 spiro atoms. The lowest BCUT2D eigenvalue weighted by atomic mass is 10.1. The Morgan fingerprint density at radius 2 is 1.89 bits per heavy atom. The van der Waals surface area contributed by atoms with Crippen LogP contribution in [0.3, 0.4) is 0 Å². The number of nitrogens with zero attached hydrogens (tertiary/aromatic N) is 1. The zero-order chi connectivity index (χ0) is 19.9. The molecule has 0 saturated carbocycles. The maximum absolute atomic E-state index is 12.4. The number of hydrogen-bond acceptors (Lipinski definition) is 5. The monoisotopic (exact) mass is 414 g/mol. The highest BCUT2D eigenvalue weighted by Crippen LogP contribution is 2.20. The molecule has 28 heavy (non-hydrogen) atoms. The van der Waals surface area contributed by atoms with Gasteiger partial charge >= 0.3 is 5.97 Å². The first-order chi connectivity index (χ1) is 13.5. The van der Waals surface area contributed by atoms with Crippen molar-refractivity contribution in [3.8, 4) is 0 Å². The van der Waals surface area contributed by atoms with E-state index in [0.717, 1.165) is 10.4 Å². The molecule has 5 nitrogen and oxygen atoms in total. The van der Waals surface area contributed by atoms with E-state index < -0.39 is 5.97 Å². The molecule has 0 radical (unpaired) electrons.